The summed E-state index contributed by atoms with van der Waals surface area (Å²) in [6, 6.07) is 75.5. The quantitative estimate of drug-likeness (QED) is 0.128. The first kappa shape index (κ1) is 47.1. The highest BCUT2D eigenvalue weighted by atomic mass is 19.1. The Labute approximate surface area is 441 Å². The van der Waals surface area contributed by atoms with E-state index < -0.39 is 11.6 Å². The lowest BCUT2D eigenvalue weighted by Crippen LogP contribution is -2.15. The Balaban J connectivity index is 1.14. The highest BCUT2D eigenvalue weighted by Gasteiger charge is 2.29. The molecule has 0 bridgehead atoms. The zero-order chi connectivity index (χ0) is 52.2. The van der Waals surface area contributed by atoms with Crippen LogP contribution in [0.3, 0.4) is 0 Å². The van der Waals surface area contributed by atoms with Crippen LogP contribution in [0.1, 0.15) is 33.4 Å². The van der Waals surface area contributed by atoms with E-state index in [-0.39, 0.29) is 0 Å². The Hall–Kier alpha value is -9.88. The topological polar surface area (TPSA) is 54.1 Å². The number of anilines is 6. The largest absolute Gasteiger partial charge is 0.307 e. The number of nitriles is 2. The molecule has 0 spiro atoms. The van der Waals surface area contributed by atoms with Gasteiger partial charge in [-0.05, 0) is 190 Å². The summed E-state index contributed by atoms with van der Waals surface area (Å²) in [7, 11) is 0. The fourth-order valence-electron chi connectivity index (χ4n) is 11.2. The van der Waals surface area contributed by atoms with Crippen molar-refractivity contribution in [2.75, 3.05) is 9.80 Å². The Morgan fingerprint density at radius 3 is 1.01 bits per heavy atom. The van der Waals surface area contributed by atoms with Crippen molar-refractivity contribution in [1.29, 1.82) is 10.5 Å². The van der Waals surface area contributed by atoms with Gasteiger partial charge in [0.15, 0.2) is 0 Å². The molecule has 0 N–H and O–H groups in total. The van der Waals surface area contributed by atoms with Gasteiger partial charge in [-0.1, -0.05) is 133 Å². The van der Waals surface area contributed by atoms with E-state index in [1.807, 2.05) is 159 Å². The van der Waals surface area contributed by atoms with Crippen molar-refractivity contribution in [3.63, 3.8) is 0 Å². The minimum atomic E-state index is -0.408. The van der Waals surface area contributed by atoms with Crippen LogP contribution in [0.5, 0.6) is 0 Å². The Morgan fingerprint density at radius 2 is 0.671 bits per heavy atom. The molecule has 0 radical (unpaired) electrons. The molecule has 0 aliphatic rings. The lowest BCUT2D eigenvalue weighted by Gasteiger charge is -2.32. The third kappa shape index (κ3) is 8.05. The van der Waals surface area contributed by atoms with Crippen molar-refractivity contribution in [2.45, 2.75) is 27.7 Å². The summed E-state index contributed by atoms with van der Waals surface area (Å²) in [5.74, 6) is -0.816. The average Bonchev–Trinajstić information content (AvgIpc) is 3.52. The summed E-state index contributed by atoms with van der Waals surface area (Å²) in [5, 5.41) is 25.5. The van der Waals surface area contributed by atoms with Crippen LogP contribution in [0.4, 0.5) is 42.9 Å². The molecule has 0 heterocycles. The van der Waals surface area contributed by atoms with Gasteiger partial charge in [-0.25, -0.2) is 8.78 Å². The lowest BCUT2D eigenvalue weighted by atomic mass is 9.89. The van der Waals surface area contributed by atoms with Gasteiger partial charge in [-0.3, -0.25) is 0 Å². The summed E-state index contributed by atoms with van der Waals surface area (Å²) in [6.45, 7) is 8.18. The molecular weight excluding hydrogens is 935 g/mol. The molecule has 6 heteroatoms. The van der Waals surface area contributed by atoms with Crippen LogP contribution >= 0.6 is 0 Å². The molecule has 362 valence electrons. The molecule has 0 aliphatic carbocycles. The molecule has 4 nitrogen and oxygen atoms in total. The minimum Gasteiger partial charge on any atom is -0.307 e. The van der Waals surface area contributed by atoms with Crippen LogP contribution < -0.4 is 9.80 Å². The maximum absolute atomic E-state index is 18.0. The van der Waals surface area contributed by atoms with Crippen molar-refractivity contribution in [3.8, 4) is 56.6 Å². The van der Waals surface area contributed by atoms with Gasteiger partial charge in [0.25, 0.3) is 0 Å². The van der Waals surface area contributed by atoms with Crippen LogP contribution in [-0.2, 0) is 0 Å². The summed E-state index contributed by atoms with van der Waals surface area (Å²) in [5.41, 5.74) is 15.2. The van der Waals surface area contributed by atoms with Gasteiger partial charge in [-0.15, -0.1) is 0 Å². The minimum absolute atomic E-state index is 0.368. The molecule has 0 saturated carbocycles. The number of nitrogens with zero attached hydrogens (tertiary/aromatic N) is 4. The number of aryl methyl sites for hydroxylation is 4. The van der Waals surface area contributed by atoms with Gasteiger partial charge in [0.05, 0.1) is 46.0 Å². The van der Waals surface area contributed by atoms with E-state index in [1.54, 1.807) is 36.4 Å². The molecule has 0 amide bonds. The zero-order valence-corrected chi connectivity index (χ0v) is 42.3. The average molecular weight is 983 g/mol. The zero-order valence-electron chi connectivity index (χ0n) is 42.3. The van der Waals surface area contributed by atoms with Gasteiger partial charge in [-0.2, -0.15) is 10.5 Å². The summed E-state index contributed by atoms with van der Waals surface area (Å²) in [6.07, 6.45) is 0. The molecule has 0 fully saturated rings. The maximum Gasteiger partial charge on any atom is 0.148 e. The molecule has 76 heavy (non-hydrogen) atoms. The highest BCUT2D eigenvalue weighted by Crippen LogP contribution is 2.52. The van der Waals surface area contributed by atoms with E-state index in [0.29, 0.717) is 45.0 Å². The monoisotopic (exact) mass is 982 g/mol. The van der Waals surface area contributed by atoms with Crippen LogP contribution in [0.25, 0.3) is 76.8 Å². The number of hydrogen-bond donors (Lipinski definition) is 0. The van der Waals surface area contributed by atoms with E-state index in [2.05, 4.69) is 72.8 Å². The normalized spacial score (nSPS) is 11.3. The Morgan fingerprint density at radius 1 is 0.342 bits per heavy atom. The van der Waals surface area contributed by atoms with Crippen LogP contribution in [-0.4, -0.2) is 0 Å². The second-order valence-electron chi connectivity index (χ2n) is 19.5. The van der Waals surface area contributed by atoms with Gasteiger partial charge in [0.1, 0.15) is 11.6 Å². The van der Waals surface area contributed by atoms with E-state index in [0.717, 1.165) is 99.3 Å². The third-order valence-electron chi connectivity index (χ3n) is 15.0. The molecule has 0 aliphatic heterocycles. The van der Waals surface area contributed by atoms with Crippen LogP contribution in [0, 0.1) is 62.0 Å². The summed E-state index contributed by atoms with van der Waals surface area (Å²) in [4.78, 5) is 3.99. The number of rotatable bonds is 10. The van der Waals surface area contributed by atoms with Crippen molar-refractivity contribution >= 4 is 66.4 Å². The number of halogens is 2. The highest BCUT2D eigenvalue weighted by molar-refractivity contribution is 6.28. The predicted octanol–water partition coefficient (Wildman–Crippen LogP) is 19.4. The van der Waals surface area contributed by atoms with Crippen molar-refractivity contribution in [1.82, 2.24) is 0 Å². The number of hydrogen-bond acceptors (Lipinski definition) is 4. The van der Waals surface area contributed by atoms with E-state index >= 15 is 8.78 Å². The lowest BCUT2D eigenvalue weighted by molar-refractivity contribution is 0.629. The smallest absolute Gasteiger partial charge is 0.148 e. The van der Waals surface area contributed by atoms with Gasteiger partial charge in [0, 0.05) is 33.3 Å². The standard InChI is InChI=1S/C70H48F2N4/c1-43-13-5-9-17-55(43)51-37-61(57-19-11-7-15-45(57)3)69(63(71)39-51)75(53-29-21-47(41-73)22-30-53)65-35-27-49-26-34-60-66(36-28-50-25-33-59(65)67(49)68(50)60)76(54-31-23-48(42-74)24-32-54)70-62(58-20-12-8-16-46(58)4)38-52(40-64(70)72)56-18-10-6-14-44(56)2/h5-40H,1-4H3. The SMILES string of the molecule is Cc1ccccc1-c1cc(F)c(N(c2ccc(C#N)cc2)c2ccc3ccc4c(N(c5ccc(C#N)cc5)c5c(F)cc(-c6ccccc6C)cc5-c5ccccc5C)ccc5ccc2c3c54)c(-c2ccccc2C)c1. The predicted molar refractivity (Wildman–Crippen MR) is 310 cm³/mol. The second kappa shape index (κ2) is 19.2. The van der Waals surface area contributed by atoms with Crippen LogP contribution in [0.2, 0.25) is 0 Å². The molecular formula is C70H48F2N4. The summed E-state index contributed by atoms with van der Waals surface area (Å²) >= 11 is 0. The maximum atomic E-state index is 18.0. The number of benzene rings is 12. The molecule has 12 rings (SSSR count). The van der Waals surface area contributed by atoms with Gasteiger partial charge < -0.3 is 9.80 Å². The molecule has 0 saturated heterocycles. The fraction of sp³-hybridized carbons (Fsp3) is 0.0571. The fourth-order valence-corrected chi connectivity index (χ4v) is 11.2. The van der Waals surface area contributed by atoms with E-state index in [1.165, 1.54) is 0 Å². The molecule has 12 aromatic rings. The van der Waals surface area contributed by atoms with Crippen molar-refractivity contribution in [2.24, 2.45) is 0 Å². The molecule has 12 aromatic carbocycles. The Bertz CT molecular complexity index is 4050. The molecule has 0 atom stereocenters. The van der Waals surface area contributed by atoms with Gasteiger partial charge in [0.2, 0.25) is 0 Å². The van der Waals surface area contributed by atoms with Crippen molar-refractivity contribution < 1.29 is 8.78 Å². The van der Waals surface area contributed by atoms with Gasteiger partial charge >= 0.3 is 0 Å². The first-order chi connectivity index (χ1) is 37.1. The first-order valence-corrected chi connectivity index (χ1v) is 25.3. The van der Waals surface area contributed by atoms with Crippen molar-refractivity contribution in [3.05, 3.63) is 263 Å². The van der Waals surface area contributed by atoms with E-state index in [4.69, 9.17) is 0 Å². The second-order valence-corrected chi connectivity index (χ2v) is 19.5. The molecule has 0 unspecified atom stereocenters. The first-order valence-electron chi connectivity index (χ1n) is 25.3. The summed E-state index contributed by atoms with van der Waals surface area (Å²) < 4.78 is 36.1. The third-order valence-corrected chi connectivity index (χ3v) is 15.0. The molecule has 0 aromatic heterocycles. The Kier molecular flexibility index (Phi) is 11.9. The van der Waals surface area contributed by atoms with E-state index in [9.17, 15) is 10.5 Å². The van der Waals surface area contributed by atoms with Crippen LogP contribution in [0.15, 0.2) is 218 Å².